The molecule has 1 atom stereocenters. The van der Waals surface area contributed by atoms with Crippen LogP contribution < -0.4 is 14.8 Å². The number of carbonyl (C=O) groups excluding carboxylic acids is 2. The normalized spacial score (nSPS) is 17.9. The number of hydrogen-bond acceptors (Lipinski definition) is 6. The molecule has 1 fully saturated rings. The molecule has 2 aromatic rings. The van der Waals surface area contributed by atoms with Crippen molar-refractivity contribution in [2.24, 2.45) is 4.99 Å². The first-order valence-corrected chi connectivity index (χ1v) is 10.8. The minimum absolute atomic E-state index is 0.0249. The Bertz CT molecular complexity index is 998. The number of carbonyl (C=O) groups is 2. The SMILES string of the molecule is CCN1C(=O)C[C@H](C(=O)Nc2ccc(OC)cc2)SC1=Nc1ccc(OC(F)(F)Cl)cc1. The fraction of sp³-hybridized carbons (Fsp3) is 0.286. The molecule has 0 bridgehead atoms. The lowest BCUT2D eigenvalue weighted by atomic mass is 10.2. The number of thioether (sulfide) groups is 1. The lowest BCUT2D eigenvalue weighted by Crippen LogP contribution is -2.45. The standard InChI is InChI=1S/C21H20ClF2N3O4S/c1-3-27-18(28)12-17(19(29)25-13-4-8-15(30-2)9-5-13)32-20(27)26-14-6-10-16(11-7-14)31-21(22,23)24/h4-11,17H,3,12H2,1-2H3,(H,25,29)/t17-/m1/s1. The van der Waals surface area contributed by atoms with Gasteiger partial charge in [0.25, 0.3) is 0 Å². The number of aliphatic imine (C=N–C) groups is 1. The molecule has 0 saturated carbocycles. The largest absolute Gasteiger partial charge is 0.497 e. The van der Waals surface area contributed by atoms with Crippen LogP contribution in [0.2, 0.25) is 0 Å². The molecule has 3 rings (SSSR count). The number of alkyl halides is 3. The second-order valence-electron chi connectivity index (χ2n) is 6.60. The summed E-state index contributed by atoms with van der Waals surface area (Å²) in [5.74, 6) is -0.0403. The van der Waals surface area contributed by atoms with Crippen molar-refractivity contribution >= 4 is 51.7 Å². The molecule has 0 aromatic heterocycles. The summed E-state index contributed by atoms with van der Waals surface area (Å²) >= 11 is 5.92. The minimum Gasteiger partial charge on any atom is -0.497 e. The highest BCUT2D eigenvalue weighted by atomic mass is 35.5. The maximum atomic E-state index is 12.8. The number of rotatable bonds is 7. The van der Waals surface area contributed by atoms with Gasteiger partial charge in [-0.1, -0.05) is 11.8 Å². The van der Waals surface area contributed by atoms with E-state index in [2.05, 4.69) is 15.0 Å². The Morgan fingerprint density at radius 2 is 1.84 bits per heavy atom. The number of nitrogens with zero attached hydrogens (tertiary/aromatic N) is 2. The number of nitrogens with one attached hydrogen (secondary N) is 1. The van der Waals surface area contributed by atoms with Crippen LogP contribution in [0.4, 0.5) is 20.2 Å². The van der Waals surface area contributed by atoms with E-state index in [1.807, 2.05) is 0 Å². The quantitative estimate of drug-likeness (QED) is 0.570. The van der Waals surface area contributed by atoms with Crippen molar-refractivity contribution in [3.63, 3.8) is 0 Å². The number of amides is 2. The highest BCUT2D eigenvalue weighted by Gasteiger charge is 2.35. The van der Waals surface area contributed by atoms with Gasteiger partial charge in [-0.25, -0.2) is 4.99 Å². The summed E-state index contributed by atoms with van der Waals surface area (Å²) in [4.78, 5) is 31.3. The number of methoxy groups -OCH3 is 1. The molecule has 1 aliphatic rings. The molecule has 0 spiro atoms. The summed E-state index contributed by atoms with van der Waals surface area (Å²) in [7, 11) is 1.55. The van der Waals surface area contributed by atoms with Crippen LogP contribution in [-0.4, -0.2) is 46.4 Å². The highest BCUT2D eigenvalue weighted by Crippen LogP contribution is 2.31. The van der Waals surface area contributed by atoms with E-state index in [0.717, 1.165) is 11.8 Å². The fourth-order valence-electron chi connectivity index (χ4n) is 2.88. The summed E-state index contributed by atoms with van der Waals surface area (Å²) in [5.41, 5.74) is -2.84. The summed E-state index contributed by atoms with van der Waals surface area (Å²) in [6.07, 6.45) is 0.0249. The van der Waals surface area contributed by atoms with Crippen LogP contribution in [0.25, 0.3) is 0 Å². The van der Waals surface area contributed by atoms with E-state index in [0.29, 0.717) is 28.8 Å². The van der Waals surface area contributed by atoms with Crippen LogP contribution in [0.1, 0.15) is 13.3 Å². The van der Waals surface area contributed by atoms with Crippen LogP contribution in [0.15, 0.2) is 53.5 Å². The first-order chi connectivity index (χ1) is 15.2. The predicted molar refractivity (Wildman–Crippen MR) is 120 cm³/mol. The topological polar surface area (TPSA) is 80.2 Å². The molecule has 1 heterocycles. The van der Waals surface area contributed by atoms with Crippen LogP contribution in [0.3, 0.4) is 0 Å². The third-order valence-corrected chi connectivity index (χ3v) is 5.67. The number of amidine groups is 1. The Kier molecular flexibility index (Phi) is 7.57. The van der Waals surface area contributed by atoms with Gasteiger partial charge in [0.1, 0.15) is 16.7 Å². The van der Waals surface area contributed by atoms with Gasteiger partial charge in [-0.05, 0) is 55.5 Å². The number of benzene rings is 2. The Labute approximate surface area is 192 Å². The van der Waals surface area contributed by atoms with Gasteiger partial charge >= 0.3 is 5.57 Å². The summed E-state index contributed by atoms with van der Waals surface area (Å²) in [6.45, 7) is 2.17. The van der Waals surface area contributed by atoms with Crippen molar-refractivity contribution in [2.75, 3.05) is 19.0 Å². The van der Waals surface area contributed by atoms with Crippen LogP contribution in [0.5, 0.6) is 11.5 Å². The van der Waals surface area contributed by atoms with Crippen LogP contribution in [0, 0.1) is 0 Å². The van der Waals surface area contributed by atoms with Crippen LogP contribution in [-0.2, 0) is 9.59 Å². The van der Waals surface area contributed by atoms with Gasteiger partial charge in [0.15, 0.2) is 5.17 Å². The molecule has 2 amide bonds. The third kappa shape index (κ3) is 6.33. The van der Waals surface area contributed by atoms with Gasteiger partial charge in [0.05, 0.1) is 12.8 Å². The van der Waals surface area contributed by atoms with Gasteiger partial charge in [-0.15, -0.1) is 8.78 Å². The smallest absolute Gasteiger partial charge is 0.487 e. The monoisotopic (exact) mass is 483 g/mol. The Morgan fingerprint density at radius 3 is 2.41 bits per heavy atom. The summed E-state index contributed by atoms with van der Waals surface area (Å²) < 4.78 is 34.9. The second-order valence-corrected chi connectivity index (χ2v) is 8.21. The van der Waals surface area contributed by atoms with E-state index in [4.69, 9.17) is 16.3 Å². The summed E-state index contributed by atoms with van der Waals surface area (Å²) in [5, 5.41) is 2.45. The number of ether oxygens (including phenoxy) is 2. The van der Waals surface area contributed by atoms with E-state index in [9.17, 15) is 18.4 Å². The fourth-order valence-corrected chi connectivity index (χ4v) is 4.13. The molecule has 0 aliphatic carbocycles. The first kappa shape index (κ1) is 23.8. The van der Waals surface area contributed by atoms with Crippen molar-refractivity contribution in [3.05, 3.63) is 48.5 Å². The number of anilines is 1. The van der Waals surface area contributed by atoms with Crippen LogP contribution >= 0.6 is 23.4 Å². The second kappa shape index (κ2) is 10.2. The van der Waals surface area contributed by atoms with E-state index < -0.39 is 10.8 Å². The molecule has 1 aliphatic heterocycles. The van der Waals surface area contributed by atoms with E-state index in [1.165, 1.54) is 29.2 Å². The lowest BCUT2D eigenvalue weighted by Gasteiger charge is -2.30. The van der Waals surface area contributed by atoms with Crippen molar-refractivity contribution in [3.8, 4) is 11.5 Å². The molecule has 170 valence electrons. The maximum absolute atomic E-state index is 12.8. The van der Waals surface area contributed by atoms with Gasteiger partial charge in [0, 0.05) is 30.3 Å². The third-order valence-electron chi connectivity index (χ3n) is 4.40. The molecule has 2 aromatic carbocycles. The molecule has 1 saturated heterocycles. The van der Waals surface area contributed by atoms with E-state index >= 15 is 0 Å². The molecule has 1 N–H and O–H groups in total. The lowest BCUT2D eigenvalue weighted by molar-refractivity contribution is -0.129. The summed E-state index contributed by atoms with van der Waals surface area (Å²) in [6, 6.07) is 12.3. The first-order valence-electron chi connectivity index (χ1n) is 9.55. The number of halogens is 3. The molecule has 0 unspecified atom stereocenters. The Hall–Kier alpha value is -2.85. The minimum atomic E-state index is -3.82. The van der Waals surface area contributed by atoms with Gasteiger partial charge in [-0.3, -0.25) is 14.5 Å². The zero-order valence-corrected chi connectivity index (χ0v) is 18.8. The molecule has 11 heteroatoms. The van der Waals surface area contributed by atoms with E-state index in [-0.39, 0.29) is 24.0 Å². The van der Waals surface area contributed by atoms with Crippen molar-refractivity contribution in [2.45, 2.75) is 24.2 Å². The van der Waals surface area contributed by atoms with Gasteiger partial charge in [-0.2, -0.15) is 0 Å². The molecule has 32 heavy (non-hydrogen) atoms. The molecular formula is C21H20ClF2N3O4S. The number of hydrogen-bond donors (Lipinski definition) is 1. The maximum Gasteiger partial charge on any atom is 0.487 e. The van der Waals surface area contributed by atoms with Gasteiger partial charge < -0.3 is 14.8 Å². The Morgan fingerprint density at radius 1 is 1.22 bits per heavy atom. The molecule has 7 nitrogen and oxygen atoms in total. The van der Waals surface area contributed by atoms with E-state index in [1.54, 1.807) is 38.3 Å². The van der Waals surface area contributed by atoms with Gasteiger partial charge in [0.2, 0.25) is 11.8 Å². The average Bonchev–Trinajstić information content (AvgIpc) is 2.74. The van der Waals surface area contributed by atoms with Crippen molar-refractivity contribution in [1.29, 1.82) is 0 Å². The molecule has 0 radical (unpaired) electrons. The predicted octanol–water partition coefficient (Wildman–Crippen LogP) is 4.84. The zero-order valence-electron chi connectivity index (χ0n) is 17.2. The Balaban J connectivity index is 1.75. The van der Waals surface area contributed by atoms with Crippen molar-refractivity contribution in [1.82, 2.24) is 4.90 Å². The average molecular weight is 484 g/mol. The molecular weight excluding hydrogens is 464 g/mol. The zero-order chi connectivity index (χ0) is 23.3. The van der Waals surface area contributed by atoms with Crippen molar-refractivity contribution < 1.29 is 27.8 Å². The highest BCUT2D eigenvalue weighted by molar-refractivity contribution is 8.15.